The molecule has 0 aliphatic rings. The predicted octanol–water partition coefficient (Wildman–Crippen LogP) is 0.838. The predicted molar refractivity (Wildman–Crippen MR) is 62.5 cm³/mol. The molecule has 17 heavy (non-hydrogen) atoms. The monoisotopic (exact) mass is 243 g/mol. The number of nitrogens with one attached hydrogen (secondary N) is 1. The van der Waals surface area contributed by atoms with Crippen LogP contribution in [0.15, 0.2) is 18.2 Å². The molecule has 5 heteroatoms. The molecule has 0 heterocycles. The summed E-state index contributed by atoms with van der Waals surface area (Å²) in [5.41, 5.74) is 0.496. The van der Waals surface area contributed by atoms with Crippen LogP contribution >= 0.6 is 0 Å². The number of ether oxygens (including phenoxy) is 1. The summed E-state index contributed by atoms with van der Waals surface area (Å²) in [4.78, 5) is 0. The second-order valence-corrected chi connectivity index (χ2v) is 3.85. The molecule has 2 unspecified atom stereocenters. The Hall–Kier alpha value is -1.17. The van der Waals surface area contributed by atoms with Gasteiger partial charge < -0.3 is 20.3 Å². The normalized spacial score (nSPS) is 14.4. The molecule has 0 saturated carbocycles. The van der Waals surface area contributed by atoms with Crippen molar-refractivity contribution in [3.63, 3.8) is 0 Å². The van der Waals surface area contributed by atoms with E-state index in [9.17, 15) is 9.50 Å². The maximum absolute atomic E-state index is 13.7. The molecule has 0 amide bonds. The highest BCUT2D eigenvalue weighted by Crippen LogP contribution is 2.21. The summed E-state index contributed by atoms with van der Waals surface area (Å²) in [7, 11) is 1.48. The lowest BCUT2D eigenvalue weighted by Gasteiger charge is -2.17. The summed E-state index contributed by atoms with van der Waals surface area (Å²) in [5, 5.41) is 20.8. The molecule has 4 nitrogen and oxygen atoms in total. The fourth-order valence-electron chi connectivity index (χ4n) is 1.47. The van der Waals surface area contributed by atoms with E-state index < -0.39 is 6.10 Å². The van der Waals surface area contributed by atoms with Gasteiger partial charge in [-0.3, -0.25) is 0 Å². The van der Waals surface area contributed by atoms with Crippen molar-refractivity contribution in [1.29, 1.82) is 0 Å². The van der Waals surface area contributed by atoms with E-state index in [4.69, 9.17) is 9.84 Å². The maximum Gasteiger partial charge on any atom is 0.131 e. The summed E-state index contributed by atoms with van der Waals surface area (Å²) in [6.45, 7) is 1.68. The van der Waals surface area contributed by atoms with Crippen LogP contribution in [0.25, 0.3) is 0 Å². The van der Waals surface area contributed by atoms with Gasteiger partial charge in [-0.25, -0.2) is 4.39 Å². The Morgan fingerprint density at radius 3 is 2.71 bits per heavy atom. The topological polar surface area (TPSA) is 61.7 Å². The van der Waals surface area contributed by atoms with Gasteiger partial charge in [-0.15, -0.1) is 0 Å². The van der Waals surface area contributed by atoms with E-state index in [1.165, 1.54) is 13.2 Å². The number of methoxy groups -OCH3 is 1. The van der Waals surface area contributed by atoms with Gasteiger partial charge in [0.15, 0.2) is 0 Å². The molecule has 3 N–H and O–H groups in total. The lowest BCUT2D eigenvalue weighted by atomic mass is 10.1. The smallest absolute Gasteiger partial charge is 0.131 e. The molecular formula is C12H18FNO3. The molecule has 0 aromatic heterocycles. The first-order valence-electron chi connectivity index (χ1n) is 5.44. The van der Waals surface area contributed by atoms with Crippen molar-refractivity contribution in [2.24, 2.45) is 0 Å². The summed E-state index contributed by atoms with van der Waals surface area (Å²) in [6, 6.07) is 4.38. The second-order valence-electron chi connectivity index (χ2n) is 3.85. The molecular weight excluding hydrogens is 225 g/mol. The lowest BCUT2D eigenvalue weighted by Crippen LogP contribution is -2.31. The van der Waals surface area contributed by atoms with Crippen molar-refractivity contribution in [2.45, 2.75) is 19.1 Å². The van der Waals surface area contributed by atoms with E-state index in [2.05, 4.69) is 5.32 Å². The summed E-state index contributed by atoms with van der Waals surface area (Å²) < 4.78 is 18.6. The van der Waals surface area contributed by atoms with Crippen LogP contribution in [0.2, 0.25) is 0 Å². The fourth-order valence-corrected chi connectivity index (χ4v) is 1.47. The third-order valence-corrected chi connectivity index (χ3v) is 2.54. The molecule has 1 aromatic rings. The van der Waals surface area contributed by atoms with Crippen molar-refractivity contribution in [1.82, 2.24) is 5.32 Å². The first kappa shape index (κ1) is 13.9. The first-order chi connectivity index (χ1) is 8.08. The molecule has 0 bridgehead atoms. The molecule has 1 aromatic carbocycles. The highest BCUT2D eigenvalue weighted by molar-refractivity contribution is 5.30. The van der Waals surface area contributed by atoms with Crippen LogP contribution < -0.4 is 10.1 Å². The Balaban J connectivity index is 2.65. The van der Waals surface area contributed by atoms with E-state index in [-0.39, 0.29) is 25.0 Å². The minimum atomic E-state index is -0.834. The molecule has 0 saturated heterocycles. The molecule has 0 aliphatic heterocycles. The SMILES string of the molecule is COc1ccc(C(C)NCC(O)CO)c(F)c1. The van der Waals surface area contributed by atoms with E-state index in [1.54, 1.807) is 19.1 Å². The number of aliphatic hydroxyl groups excluding tert-OH is 2. The molecule has 0 fully saturated rings. The van der Waals surface area contributed by atoms with Crippen molar-refractivity contribution < 1.29 is 19.3 Å². The van der Waals surface area contributed by atoms with Crippen molar-refractivity contribution in [3.8, 4) is 5.75 Å². The number of aliphatic hydroxyl groups is 2. The molecule has 0 aliphatic carbocycles. The van der Waals surface area contributed by atoms with E-state index in [0.717, 1.165) is 0 Å². The van der Waals surface area contributed by atoms with Crippen molar-refractivity contribution >= 4 is 0 Å². The Morgan fingerprint density at radius 2 is 2.18 bits per heavy atom. The number of hydrogen-bond donors (Lipinski definition) is 3. The zero-order chi connectivity index (χ0) is 12.8. The largest absolute Gasteiger partial charge is 0.497 e. The van der Waals surface area contributed by atoms with Gasteiger partial charge in [-0.05, 0) is 13.0 Å². The fraction of sp³-hybridized carbons (Fsp3) is 0.500. The molecule has 0 radical (unpaired) electrons. The van der Waals surface area contributed by atoms with Gasteiger partial charge in [0.1, 0.15) is 11.6 Å². The quantitative estimate of drug-likeness (QED) is 0.693. The number of benzene rings is 1. The maximum atomic E-state index is 13.7. The Kier molecular flexibility index (Phi) is 5.34. The molecule has 2 atom stereocenters. The summed E-state index contributed by atoms with van der Waals surface area (Å²) >= 11 is 0. The Morgan fingerprint density at radius 1 is 1.47 bits per heavy atom. The number of rotatable bonds is 6. The van der Waals surface area contributed by atoms with Crippen LogP contribution in [-0.2, 0) is 0 Å². The van der Waals surface area contributed by atoms with E-state index >= 15 is 0 Å². The molecule has 96 valence electrons. The Labute approximate surface area is 100 Å². The second kappa shape index (κ2) is 6.54. The van der Waals surface area contributed by atoms with Crippen LogP contribution in [0.4, 0.5) is 4.39 Å². The number of hydrogen-bond acceptors (Lipinski definition) is 4. The highest BCUT2D eigenvalue weighted by atomic mass is 19.1. The average Bonchev–Trinajstić information content (AvgIpc) is 2.35. The van der Waals surface area contributed by atoms with Gasteiger partial charge in [-0.1, -0.05) is 6.07 Å². The van der Waals surface area contributed by atoms with E-state index in [0.29, 0.717) is 11.3 Å². The van der Waals surface area contributed by atoms with Gasteiger partial charge in [0.05, 0.1) is 19.8 Å². The summed E-state index contributed by atoms with van der Waals surface area (Å²) in [6.07, 6.45) is -0.834. The van der Waals surface area contributed by atoms with Gasteiger partial charge in [0.2, 0.25) is 0 Å². The van der Waals surface area contributed by atoms with Gasteiger partial charge in [0.25, 0.3) is 0 Å². The third kappa shape index (κ3) is 3.96. The van der Waals surface area contributed by atoms with Crippen LogP contribution in [0, 0.1) is 5.82 Å². The van der Waals surface area contributed by atoms with Gasteiger partial charge in [-0.2, -0.15) is 0 Å². The van der Waals surface area contributed by atoms with Crippen LogP contribution in [0.3, 0.4) is 0 Å². The van der Waals surface area contributed by atoms with Crippen molar-refractivity contribution in [3.05, 3.63) is 29.6 Å². The van der Waals surface area contributed by atoms with Crippen molar-refractivity contribution in [2.75, 3.05) is 20.3 Å². The zero-order valence-electron chi connectivity index (χ0n) is 9.98. The highest BCUT2D eigenvalue weighted by Gasteiger charge is 2.12. The number of halogens is 1. The molecule has 1 rings (SSSR count). The van der Waals surface area contributed by atoms with Gasteiger partial charge in [0, 0.05) is 24.2 Å². The standard InChI is InChI=1S/C12H18FNO3/c1-8(14-6-9(16)7-15)11-4-3-10(17-2)5-12(11)13/h3-5,8-9,14-16H,6-7H2,1-2H3. The van der Waals surface area contributed by atoms with Crippen LogP contribution in [0.1, 0.15) is 18.5 Å². The Bertz CT molecular complexity index is 360. The minimum Gasteiger partial charge on any atom is -0.497 e. The first-order valence-corrected chi connectivity index (χ1v) is 5.44. The van der Waals surface area contributed by atoms with Crippen LogP contribution in [-0.4, -0.2) is 36.6 Å². The zero-order valence-corrected chi connectivity index (χ0v) is 9.98. The summed E-state index contributed by atoms with van der Waals surface area (Å²) in [5.74, 6) is 0.108. The van der Waals surface area contributed by atoms with E-state index in [1.807, 2.05) is 0 Å². The average molecular weight is 243 g/mol. The minimum absolute atomic E-state index is 0.211. The van der Waals surface area contributed by atoms with Gasteiger partial charge >= 0.3 is 0 Å². The van der Waals surface area contributed by atoms with Crippen LogP contribution in [0.5, 0.6) is 5.75 Å². The third-order valence-electron chi connectivity index (χ3n) is 2.54. The lowest BCUT2D eigenvalue weighted by molar-refractivity contribution is 0.0923. The molecule has 0 spiro atoms.